The van der Waals surface area contributed by atoms with Gasteiger partial charge in [-0.15, -0.1) is 0 Å². The molecule has 1 amide bonds. The molecule has 2 aromatic carbocycles. The Bertz CT molecular complexity index is 903. The fourth-order valence-corrected chi connectivity index (χ4v) is 5.15. The van der Waals surface area contributed by atoms with E-state index in [0.29, 0.717) is 18.6 Å². The van der Waals surface area contributed by atoms with E-state index in [-0.39, 0.29) is 18.2 Å². The van der Waals surface area contributed by atoms with Crippen LogP contribution >= 0.6 is 0 Å². The summed E-state index contributed by atoms with van der Waals surface area (Å²) in [6, 6.07) is 12.0. The molecule has 2 atom stereocenters. The van der Waals surface area contributed by atoms with Crippen molar-refractivity contribution in [2.45, 2.75) is 76.2 Å². The van der Waals surface area contributed by atoms with Crippen LogP contribution in [-0.2, 0) is 10.3 Å². The molecule has 0 saturated carbocycles. The Morgan fingerprint density at radius 2 is 1.76 bits per heavy atom. The smallest absolute Gasteiger partial charge is 0.410 e. The number of nitrogens with zero attached hydrogens (tertiary/aromatic N) is 1. The lowest BCUT2D eigenvalue weighted by molar-refractivity contribution is -0.0965. The Kier molecular flexibility index (Phi) is 4.97. The van der Waals surface area contributed by atoms with Crippen molar-refractivity contribution in [1.82, 2.24) is 4.90 Å². The summed E-state index contributed by atoms with van der Waals surface area (Å²) in [5, 5.41) is 14.0. The number of benzene rings is 2. The monoisotopic (exact) mass is 397 g/mol. The van der Waals surface area contributed by atoms with Gasteiger partial charge in [-0.1, -0.05) is 30.3 Å². The number of amides is 1. The molecule has 0 aromatic heterocycles. The van der Waals surface area contributed by atoms with Crippen molar-refractivity contribution >= 4 is 16.9 Å². The predicted molar refractivity (Wildman–Crippen MR) is 113 cm³/mol. The average molecular weight is 398 g/mol. The molecule has 2 fully saturated rings. The lowest BCUT2D eigenvalue weighted by Crippen LogP contribution is -2.59. The first kappa shape index (κ1) is 20.0. The van der Waals surface area contributed by atoms with Gasteiger partial charge >= 0.3 is 6.09 Å². The minimum absolute atomic E-state index is 0.0361. The Morgan fingerprint density at radius 3 is 2.38 bits per heavy atom. The molecule has 2 bridgehead atoms. The van der Waals surface area contributed by atoms with Crippen molar-refractivity contribution < 1.29 is 19.4 Å². The van der Waals surface area contributed by atoms with Gasteiger partial charge in [0, 0.05) is 30.5 Å². The van der Waals surface area contributed by atoms with Gasteiger partial charge in [-0.2, -0.15) is 0 Å². The highest BCUT2D eigenvalue weighted by Crippen LogP contribution is 2.49. The molecule has 2 saturated heterocycles. The molecule has 2 aromatic rings. The molecule has 156 valence electrons. The van der Waals surface area contributed by atoms with Crippen molar-refractivity contribution in [1.29, 1.82) is 0 Å². The van der Waals surface area contributed by atoms with Gasteiger partial charge < -0.3 is 19.5 Å². The highest BCUT2D eigenvalue weighted by atomic mass is 16.6. The molecular weight excluding hydrogens is 366 g/mol. The van der Waals surface area contributed by atoms with Gasteiger partial charge in [0.05, 0.1) is 12.7 Å². The van der Waals surface area contributed by atoms with E-state index in [1.54, 1.807) is 7.11 Å². The Balaban J connectivity index is 1.73. The molecule has 1 N–H and O–H groups in total. The molecule has 0 aliphatic carbocycles. The predicted octanol–water partition coefficient (Wildman–Crippen LogP) is 4.99. The SMILES string of the molecule is COc1ccc2ccccc2c1C1(O)CC2CCCC(C1)N2C(=O)OC(C)(C)C. The van der Waals surface area contributed by atoms with Crippen molar-refractivity contribution in [3.05, 3.63) is 42.0 Å². The normalized spacial score (nSPS) is 27.0. The van der Waals surface area contributed by atoms with Crippen LogP contribution in [0.5, 0.6) is 5.75 Å². The summed E-state index contributed by atoms with van der Waals surface area (Å²) in [5.41, 5.74) is -0.725. The molecular formula is C24H31NO4. The highest BCUT2D eigenvalue weighted by molar-refractivity contribution is 5.88. The summed E-state index contributed by atoms with van der Waals surface area (Å²) < 4.78 is 11.4. The van der Waals surface area contributed by atoms with Crippen LogP contribution in [0.3, 0.4) is 0 Å². The summed E-state index contributed by atoms with van der Waals surface area (Å²) >= 11 is 0. The van der Waals surface area contributed by atoms with Crippen molar-refractivity contribution in [2.24, 2.45) is 0 Å². The number of carbonyl (C=O) groups excluding carboxylic acids is 1. The standard InChI is InChI=1S/C24H31NO4/c1-23(2,3)29-22(26)25-17-9-7-10-18(25)15-24(27,14-17)21-19-11-6-5-8-16(19)12-13-20(21)28-4/h5-6,8,11-13,17-18,27H,7,9-10,14-15H2,1-4H3. The van der Waals surface area contributed by atoms with Crippen LogP contribution in [0.2, 0.25) is 0 Å². The first-order valence-electron chi connectivity index (χ1n) is 10.5. The third-order valence-corrected chi connectivity index (χ3v) is 6.19. The molecule has 2 unspecified atom stereocenters. The fraction of sp³-hybridized carbons (Fsp3) is 0.542. The van der Waals surface area contributed by atoms with E-state index in [4.69, 9.17) is 9.47 Å². The number of fused-ring (bicyclic) bond motifs is 3. The lowest BCUT2D eigenvalue weighted by Gasteiger charge is -2.52. The van der Waals surface area contributed by atoms with Crippen LogP contribution in [0.4, 0.5) is 4.79 Å². The Morgan fingerprint density at radius 1 is 1.10 bits per heavy atom. The van der Waals surface area contributed by atoms with Gasteiger partial charge in [-0.3, -0.25) is 0 Å². The maximum Gasteiger partial charge on any atom is 0.410 e. The number of methoxy groups -OCH3 is 1. The molecule has 29 heavy (non-hydrogen) atoms. The van der Waals surface area contributed by atoms with Crippen molar-refractivity contribution in [3.63, 3.8) is 0 Å². The van der Waals surface area contributed by atoms with E-state index < -0.39 is 11.2 Å². The second kappa shape index (κ2) is 7.21. The van der Waals surface area contributed by atoms with Gasteiger partial charge in [-0.05, 0) is 56.9 Å². The summed E-state index contributed by atoms with van der Waals surface area (Å²) in [4.78, 5) is 14.8. The maximum absolute atomic E-state index is 12.9. The topological polar surface area (TPSA) is 59.0 Å². The van der Waals surface area contributed by atoms with E-state index in [0.717, 1.165) is 35.6 Å². The molecule has 2 aliphatic heterocycles. The molecule has 5 nitrogen and oxygen atoms in total. The number of rotatable bonds is 2. The summed E-state index contributed by atoms with van der Waals surface area (Å²) in [6.45, 7) is 5.67. The maximum atomic E-state index is 12.9. The number of piperidine rings is 2. The summed E-state index contributed by atoms with van der Waals surface area (Å²) in [7, 11) is 1.65. The first-order chi connectivity index (χ1) is 13.7. The fourth-order valence-electron chi connectivity index (χ4n) is 5.15. The number of aliphatic hydroxyl groups is 1. The van der Waals surface area contributed by atoms with Crippen LogP contribution in [0, 0.1) is 0 Å². The van der Waals surface area contributed by atoms with Crippen molar-refractivity contribution in [3.8, 4) is 5.75 Å². The largest absolute Gasteiger partial charge is 0.496 e. The quantitative estimate of drug-likeness (QED) is 0.776. The molecule has 2 aliphatic rings. The van der Waals surface area contributed by atoms with Gasteiger partial charge in [-0.25, -0.2) is 4.79 Å². The first-order valence-corrected chi connectivity index (χ1v) is 10.5. The van der Waals surface area contributed by atoms with Gasteiger partial charge in [0.15, 0.2) is 0 Å². The van der Waals surface area contributed by atoms with E-state index in [2.05, 4.69) is 6.07 Å². The van der Waals surface area contributed by atoms with Crippen LogP contribution in [0.1, 0.15) is 58.4 Å². The number of hydrogen-bond acceptors (Lipinski definition) is 4. The van der Waals surface area contributed by atoms with Crippen LogP contribution in [-0.4, -0.2) is 40.9 Å². The second-order valence-corrected chi connectivity index (χ2v) is 9.43. The van der Waals surface area contributed by atoms with Crippen LogP contribution < -0.4 is 4.74 Å². The summed E-state index contributed by atoms with van der Waals surface area (Å²) in [5.74, 6) is 0.704. The lowest BCUT2D eigenvalue weighted by atomic mass is 9.71. The van der Waals surface area contributed by atoms with Gasteiger partial charge in [0.25, 0.3) is 0 Å². The zero-order valence-corrected chi connectivity index (χ0v) is 17.8. The average Bonchev–Trinajstić information content (AvgIpc) is 2.64. The van der Waals surface area contributed by atoms with E-state index >= 15 is 0 Å². The van der Waals surface area contributed by atoms with E-state index in [1.165, 1.54) is 0 Å². The Labute approximate surface area is 172 Å². The second-order valence-electron chi connectivity index (χ2n) is 9.43. The third kappa shape index (κ3) is 3.68. The number of carbonyl (C=O) groups is 1. The van der Waals surface area contributed by atoms with E-state index in [1.807, 2.05) is 56.0 Å². The summed E-state index contributed by atoms with van der Waals surface area (Å²) in [6.07, 6.45) is 3.55. The zero-order valence-electron chi connectivity index (χ0n) is 17.8. The third-order valence-electron chi connectivity index (χ3n) is 6.19. The minimum Gasteiger partial charge on any atom is -0.496 e. The molecule has 5 heteroatoms. The minimum atomic E-state index is -1.04. The van der Waals surface area contributed by atoms with Gasteiger partial charge in [0.1, 0.15) is 11.4 Å². The van der Waals surface area contributed by atoms with E-state index in [9.17, 15) is 9.90 Å². The van der Waals surface area contributed by atoms with Crippen molar-refractivity contribution in [2.75, 3.05) is 7.11 Å². The highest BCUT2D eigenvalue weighted by Gasteiger charge is 2.50. The van der Waals surface area contributed by atoms with Crippen LogP contribution in [0.15, 0.2) is 36.4 Å². The van der Waals surface area contributed by atoms with Gasteiger partial charge in [0.2, 0.25) is 0 Å². The zero-order chi connectivity index (χ0) is 20.8. The molecule has 0 spiro atoms. The molecule has 0 radical (unpaired) electrons. The Hall–Kier alpha value is -2.27. The molecule has 4 rings (SSSR count). The van der Waals surface area contributed by atoms with Crippen LogP contribution in [0.25, 0.3) is 10.8 Å². The number of ether oxygens (including phenoxy) is 2. The number of hydrogen-bond donors (Lipinski definition) is 1. The molecule has 2 heterocycles.